The number of carbonyl (C=O) groups is 1. The zero-order valence-corrected chi connectivity index (χ0v) is 18.7. The number of benzene rings is 2. The number of amides is 1. The first kappa shape index (κ1) is 21.9. The third-order valence-electron chi connectivity index (χ3n) is 4.06. The van der Waals surface area contributed by atoms with Crippen LogP contribution in [0.1, 0.15) is 21.7 Å². The van der Waals surface area contributed by atoms with Gasteiger partial charge in [-0.2, -0.15) is 0 Å². The second-order valence-electron chi connectivity index (χ2n) is 5.95. The molecule has 0 bridgehead atoms. The predicted octanol–water partition coefficient (Wildman–Crippen LogP) is 4.62. The molecule has 3 rings (SSSR count). The molecule has 1 aromatic heterocycles. The molecule has 0 aliphatic rings. The maximum atomic E-state index is 12.6. The van der Waals surface area contributed by atoms with Crippen molar-refractivity contribution >= 4 is 62.3 Å². The minimum atomic E-state index is -4.18. The molecule has 3 aromatic rings. The second kappa shape index (κ2) is 8.12. The Hall–Kier alpha value is -1.84. The van der Waals surface area contributed by atoms with E-state index >= 15 is 0 Å². The highest BCUT2D eigenvalue weighted by atomic mass is 35.5. The van der Waals surface area contributed by atoms with E-state index in [4.69, 9.17) is 46.4 Å². The van der Waals surface area contributed by atoms with E-state index in [2.05, 4.69) is 10.3 Å². The van der Waals surface area contributed by atoms with E-state index in [0.717, 1.165) is 0 Å². The summed E-state index contributed by atoms with van der Waals surface area (Å²) in [5.74, 6) is -0.954. The third-order valence-corrected chi connectivity index (χ3v) is 6.97. The van der Waals surface area contributed by atoms with Crippen molar-refractivity contribution < 1.29 is 13.2 Å². The number of nitrogens with zero attached hydrogens (tertiary/aromatic N) is 3. The Kier molecular flexibility index (Phi) is 6.12. The van der Waals surface area contributed by atoms with Gasteiger partial charge in [0.2, 0.25) is 0 Å². The van der Waals surface area contributed by atoms with Gasteiger partial charge in [-0.3, -0.25) is 4.79 Å². The van der Waals surface area contributed by atoms with Crippen molar-refractivity contribution in [2.24, 2.45) is 0 Å². The average molecular weight is 494 g/mol. The Labute approximate surface area is 186 Å². The van der Waals surface area contributed by atoms with Crippen LogP contribution in [-0.4, -0.2) is 29.3 Å². The molecule has 7 nitrogen and oxygen atoms in total. The lowest BCUT2D eigenvalue weighted by Crippen LogP contribution is -2.31. The van der Waals surface area contributed by atoms with Crippen LogP contribution in [0, 0.1) is 13.8 Å². The Balaban J connectivity index is 1.96. The Morgan fingerprint density at radius 1 is 1.00 bits per heavy atom. The van der Waals surface area contributed by atoms with Gasteiger partial charge in [0.1, 0.15) is 0 Å². The summed E-state index contributed by atoms with van der Waals surface area (Å²) in [7, 11) is -4.18. The van der Waals surface area contributed by atoms with Gasteiger partial charge in [0.15, 0.2) is 5.69 Å². The molecule has 0 atom stereocenters. The number of sulfonamides is 1. The van der Waals surface area contributed by atoms with E-state index in [9.17, 15) is 13.2 Å². The SMILES string of the molecule is Cc1c(Cl)cccc1S(=O)(=O)NC(=O)c1nnn(-c2cc(Cl)c(Cl)cc2Cl)c1C. The van der Waals surface area contributed by atoms with Gasteiger partial charge in [0.25, 0.3) is 15.9 Å². The summed E-state index contributed by atoms with van der Waals surface area (Å²) < 4.78 is 28.5. The quantitative estimate of drug-likeness (QED) is 0.535. The topological polar surface area (TPSA) is 93.9 Å². The van der Waals surface area contributed by atoms with Gasteiger partial charge in [0, 0.05) is 5.02 Å². The zero-order chi connectivity index (χ0) is 21.5. The standard InChI is InChI=1S/C17H12Cl4N4O3S/c1-8-10(18)4-3-5-15(8)29(27,28)23-17(26)16-9(2)25(24-22-16)14-7-12(20)11(19)6-13(14)21/h3-7H,1-2H3,(H,23,26). The van der Waals surface area contributed by atoms with Crippen molar-refractivity contribution in [3.8, 4) is 5.69 Å². The van der Waals surface area contributed by atoms with E-state index in [1.54, 1.807) is 6.07 Å². The number of aromatic nitrogens is 3. The van der Waals surface area contributed by atoms with Crippen molar-refractivity contribution in [2.45, 2.75) is 18.7 Å². The van der Waals surface area contributed by atoms with Gasteiger partial charge in [-0.25, -0.2) is 17.8 Å². The first-order chi connectivity index (χ1) is 13.5. The van der Waals surface area contributed by atoms with Gasteiger partial charge >= 0.3 is 0 Å². The largest absolute Gasteiger partial charge is 0.287 e. The molecule has 1 heterocycles. The van der Waals surface area contributed by atoms with Gasteiger partial charge in [-0.1, -0.05) is 57.7 Å². The third kappa shape index (κ3) is 4.22. The van der Waals surface area contributed by atoms with Crippen LogP contribution in [-0.2, 0) is 10.0 Å². The lowest BCUT2D eigenvalue weighted by atomic mass is 10.2. The van der Waals surface area contributed by atoms with E-state index in [-0.39, 0.29) is 36.4 Å². The highest BCUT2D eigenvalue weighted by Gasteiger charge is 2.26. The number of hydrogen-bond donors (Lipinski definition) is 1. The fourth-order valence-electron chi connectivity index (χ4n) is 2.55. The Morgan fingerprint density at radius 3 is 2.34 bits per heavy atom. The molecule has 0 radical (unpaired) electrons. The molecular formula is C17H12Cl4N4O3S. The minimum Gasteiger partial charge on any atom is -0.266 e. The van der Waals surface area contributed by atoms with Gasteiger partial charge in [0.05, 0.1) is 31.3 Å². The number of hydrogen-bond acceptors (Lipinski definition) is 5. The van der Waals surface area contributed by atoms with Crippen molar-refractivity contribution in [1.29, 1.82) is 0 Å². The molecule has 0 saturated heterocycles. The van der Waals surface area contributed by atoms with Crippen LogP contribution in [0.4, 0.5) is 0 Å². The molecule has 0 saturated carbocycles. The molecular weight excluding hydrogens is 482 g/mol. The zero-order valence-electron chi connectivity index (χ0n) is 14.9. The van der Waals surface area contributed by atoms with E-state index < -0.39 is 15.9 Å². The summed E-state index contributed by atoms with van der Waals surface area (Å²) in [6, 6.07) is 7.25. The molecule has 0 aliphatic heterocycles. The Morgan fingerprint density at radius 2 is 1.66 bits per heavy atom. The van der Waals surface area contributed by atoms with Crippen LogP contribution in [0.3, 0.4) is 0 Å². The maximum Gasteiger partial charge on any atom is 0.287 e. The van der Waals surface area contributed by atoms with Crippen molar-refractivity contribution in [1.82, 2.24) is 19.7 Å². The molecule has 152 valence electrons. The summed E-state index contributed by atoms with van der Waals surface area (Å²) in [4.78, 5) is 12.5. The van der Waals surface area contributed by atoms with Crippen molar-refractivity contribution in [2.75, 3.05) is 0 Å². The van der Waals surface area contributed by atoms with E-state index in [0.29, 0.717) is 11.3 Å². The molecule has 2 aromatic carbocycles. The second-order valence-corrected chi connectivity index (χ2v) is 9.23. The fourth-order valence-corrected chi connectivity index (χ4v) is 4.62. The molecule has 0 spiro atoms. The minimum absolute atomic E-state index is 0.115. The predicted molar refractivity (Wildman–Crippen MR) is 112 cm³/mol. The summed E-state index contributed by atoms with van der Waals surface area (Å²) in [5, 5.41) is 8.62. The molecule has 29 heavy (non-hydrogen) atoms. The monoisotopic (exact) mass is 492 g/mol. The van der Waals surface area contributed by atoms with Gasteiger partial charge in [-0.15, -0.1) is 5.10 Å². The molecule has 1 N–H and O–H groups in total. The molecule has 0 aliphatic carbocycles. The normalized spacial score (nSPS) is 11.5. The molecule has 12 heteroatoms. The molecule has 0 fully saturated rings. The Bertz CT molecular complexity index is 1240. The van der Waals surface area contributed by atoms with Crippen molar-refractivity contribution in [3.05, 3.63) is 67.4 Å². The lowest BCUT2D eigenvalue weighted by molar-refractivity contribution is 0.0976. The number of carbonyl (C=O) groups excluding carboxylic acids is 1. The van der Waals surface area contributed by atoms with Crippen LogP contribution in [0.15, 0.2) is 35.2 Å². The summed E-state index contributed by atoms with van der Waals surface area (Å²) in [6.45, 7) is 3.07. The van der Waals surface area contributed by atoms with E-state index in [1.165, 1.54) is 42.8 Å². The van der Waals surface area contributed by atoms with E-state index in [1.807, 2.05) is 4.72 Å². The summed E-state index contributed by atoms with van der Waals surface area (Å²) in [6.07, 6.45) is 0. The first-order valence-electron chi connectivity index (χ1n) is 7.92. The fraction of sp³-hybridized carbons (Fsp3) is 0.118. The number of nitrogens with one attached hydrogen (secondary N) is 1. The highest BCUT2D eigenvalue weighted by Crippen LogP contribution is 2.31. The highest BCUT2D eigenvalue weighted by molar-refractivity contribution is 7.90. The lowest BCUT2D eigenvalue weighted by Gasteiger charge is -2.10. The van der Waals surface area contributed by atoms with Crippen LogP contribution in [0.25, 0.3) is 5.69 Å². The van der Waals surface area contributed by atoms with Gasteiger partial charge in [-0.05, 0) is 43.7 Å². The smallest absolute Gasteiger partial charge is 0.266 e. The van der Waals surface area contributed by atoms with Crippen molar-refractivity contribution in [3.63, 3.8) is 0 Å². The number of halogens is 4. The summed E-state index contributed by atoms with van der Waals surface area (Å²) in [5.41, 5.74) is 0.701. The van der Waals surface area contributed by atoms with Crippen LogP contribution < -0.4 is 4.72 Å². The van der Waals surface area contributed by atoms with Crippen LogP contribution in [0.5, 0.6) is 0 Å². The average Bonchev–Trinajstić information content (AvgIpc) is 3.01. The number of rotatable bonds is 4. The summed E-state index contributed by atoms with van der Waals surface area (Å²) >= 11 is 24.1. The first-order valence-corrected chi connectivity index (χ1v) is 10.9. The molecule has 0 unspecified atom stereocenters. The maximum absolute atomic E-state index is 12.6. The van der Waals surface area contributed by atoms with Crippen LogP contribution in [0.2, 0.25) is 20.1 Å². The molecule has 1 amide bonds. The van der Waals surface area contributed by atoms with Crippen LogP contribution >= 0.6 is 46.4 Å². The van der Waals surface area contributed by atoms with Gasteiger partial charge < -0.3 is 0 Å².